The number of allylic oxidation sites excluding steroid dienone is 5. The average molecular weight is 294 g/mol. The molecule has 0 aromatic rings. The molecule has 0 heterocycles. The molecule has 0 saturated carbocycles. The number of carbonyl (C=O) groups excluding carboxylic acids is 1. The minimum absolute atomic E-state index is 0.0716. The summed E-state index contributed by atoms with van der Waals surface area (Å²) in [4.78, 5) is 21.8. The number of ketones is 1. The van der Waals surface area contributed by atoms with Crippen LogP contribution < -0.4 is 0 Å². The number of carboxylic acid groups (broad SMARTS) is 1. The SMILES string of the molecule is CCC(C=CC=CC=CC(=O)CCCCCC(=O)O)OC. The molecule has 0 fully saturated rings. The van der Waals surface area contributed by atoms with Gasteiger partial charge >= 0.3 is 5.97 Å². The largest absolute Gasteiger partial charge is 0.481 e. The van der Waals surface area contributed by atoms with Gasteiger partial charge in [0.1, 0.15) is 0 Å². The molecule has 0 rings (SSSR count). The van der Waals surface area contributed by atoms with Gasteiger partial charge in [0.05, 0.1) is 6.10 Å². The van der Waals surface area contributed by atoms with E-state index < -0.39 is 5.97 Å². The zero-order valence-corrected chi connectivity index (χ0v) is 13.0. The molecule has 0 radical (unpaired) electrons. The van der Waals surface area contributed by atoms with E-state index in [1.54, 1.807) is 25.3 Å². The summed E-state index contributed by atoms with van der Waals surface area (Å²) in [6.45, 7) is 2.05. The second-order valence-electron chi connectivity index (χ2n) is 4.73. The molecular weight excluding hydrogens is 268 g/mol. The van der Waals surface area contributed by atoms with Crippen LogP contribution in [0.5, 0.6) is 0 Å². The van der Waals surface area contributed by atoms with Gasteiger partial charge in [0.25, 0.3) is 0 Å². The summed E-state index contributed by atoms with van der Waals surface area (Å²) < 4.78 is 5.19. The highest BCUT2D eigenvalue weighted by Crippen LogP contribution is 2.04. The van der Waals surface area contributed by atoms with Crippen LogP contribution in [0.1, 0.15) is 45.4 Å². The highest BCUT2D eigenvalue weighted by Gasteiger charge is 1.99. The van der Waals surface area contributed by atoms with Crippen molar-refractivity contribution >= 4 is 11.8 Å². The summed E-state index contributed by atoms with van der Waals surface area (Å²) in [5, 5.41) is 8.48. The third kappa shape index (κ3) is 13.1. The van der Waals surface area contributed by atoms with E-state index in [1.165, 1.54) is 0 Å². The monoisotopic (exact) mass is 294 g/mol. The molecule has 118 valence electrons. The van der Waals surface area contributed by atoms with Gasteiger partial charge in [-0.15, -0.1) is 0 Å². The first-order valence-electron chi connectivity index (χ1n) is 7.39. The maximum Gasteiger partial charge on any atom is 0.303 e. The molecule has 0 spiro atoms. The van der Waals surface area contributed by atoms with Gasteiger partial charge in [-0.2, -0.15) is 0 Å². The molecule has 0 aromatic carbocycles. The fraction of sp³-hybridized carbons (Fsp3) is 0.529. The molecule has 0 bridgehead atoms. The summed E-state index contributed by atoms with van der Waals surface area (Å²) in [6.07, 6.45) is 14.7. The Kier molecular flexibility index (Phi) is 12.2. The summed E-state index contributed by atoms with van der Waals surface area (Å²) in [7, 11) is 1.68. The molecule has 0 aliphatic heterocycles. The molecule has 0 amide bonds. The molecule has 21 heavy (non-hydrogen) atoms. The first kappa shape index (κ1) is 19.3. The molecule has 0 saturated heterocycles. The minimum Gasteiger partial charge on any atom is -0.481 e. The van der Waals surface area contributed by atoms with E-state index in [9.17, 15) is 9.59 Å². The van der Waals surface area contributed by atoms with Crippen molar-refractivity contribution < 1.29 is 19.4 Å². The zero-order valence-electron chi connectivity index (χ0n) is 13.0. The number of aliphatic carboxylic acids is 1. The van der Waals surface area contributed by atoms with Crippen LogP contribution in [-0.4, -0.2) is 30.1 Å². The number of carbonyl (C=O) groups is 2. The quantitative estimate of drug-likeness (QED) is 0.339. The molecular formula is C17H26O4. The second-order valence-corrected chi connectivity index (χ2v) is 4.73. The van der Waals surface area contributed by atoms with Crippen molar-refractivity contribution in [2.45, 2.75) is 51.6 Å². The van der Waals surface area contributed by atoms with E-state index in [0.29, 0.717) is 12.8 Å². The lowest BCUT2D eigenvalue weighted by Gasteiger charge is -2.04. The Morgan fingerprint density at radius 1 is 1.05 bits per heavy atom. The molecule has 1 unspecified atom stereocenters. The Balaban J connectivity index is 3.77. The maximum atomic E-state index is 11.5. The number of hydrogen-bond donors (Lipinski definition) is 1. The fourth-order valence-corrected chi connectivity index (χ4v) is 1.70. The van der Waals surface area contributed by atoms with Crippen molar-refractivity contribution in [1.29, 1.82) is 0 Å². The predicted molar refractivity (Wildman–Crippen MR) is 84.2 cm³/mol. The van der Waals surface area contributed by atoms with Crippen molar-refractivity contribution in [1.82, 2.24) is 0 Å². The van der Waals surface area contributed by atoms with Crippen LogP contribution in [0, 0.1) is 0 Å². The summed E-state index contributed by atoms with van der Waals surface area (Å²) in [5.74, 6) is -0.708. The van der Waals surface area contributed by atoms with E-state index in [4.69, 9.17) is 9.84 Å². The Bertz CT molecular complexity index is 376. The lowest BCUT2D eigenvalue weighted by Crippen LogP contribution is -2.03. The highest BCUT2D eigenvalue weighted by atomic mass is 16.5. The Morgan fingerprint density at radius 2 is 1.71 bits per heavy atom. The van der Waals surface area contributed by atoms with Gasteiger partial charge in [-0.1, -0.05) is 43.7 Å². The van der Waals surface area contributed by atoms with Crippen molar-refractivity contribution in [2.24, 2.45) is 0 Å². The minimum atomic E-state index is -0.779. The first-order chi connectivity index (χ1) is 10.1. The van der Waals surface area contributed by atoms with Gasteiger partial charge in [-0.05, 0) is 25.3 Å². The van der Waals surface area contributed by atoms with Crippen molar-refractivity contribution in [3.63, 3.8) is 0 Å². The van der Waals surface area contributed by atoms with Crippen molar-refractivity contribution in [3.8, 4) is 0 Å². The third-order valence-electron chi connectivity index (χ3n) is 2.96. The van der Waals surface area contributed by atoms with Crippen LogP contribution in [0.15, 0.2) is 36.5 Å². The van der Waals surface area contributed by atoms with Gasteiger partial charge in [0, 0.05) is 20.0 Å². The van der Waals surface area contributed by atoms with E-state index >= 15 is 0 Å². The lowest BCUT2D eigenvalue weighted by atomic mass is 10.1. The van der Waals surface area contributed by atoms with E-state index in [2.05, 4.69) is 6.92 Å². The maximum absolute atomic E-state index is 11.5. The number of methoxy groups -OCH3 is 1. The lowest BCUT2D eigenvalue weighted by molar-refractivity contribution is -0.137. The third-order valence-corrected chi connectivity index (χ3v) is 2.96. The molecule has 1 atom stereocenters. The summed E-state index contributed by atoms with van der Waals surface area (Å²) in [6, 6.07) is 0. The van der Waals surface area contributed by atoms with Crippen LogP contribution in [-0.2, 0) is 14.3 Å². The van der Waals surface area contributed by atoms with Gasteiger partial charge < -0.3 is 9.84 Å². The number of unbranched alkanes of at least 4 members (excludes halogenated alkanes) is 2. The number of ether oxygens (including phenoxy) is 1. The smallest absolute Gasteiger partial charge is 0.303 e. The Labute approximate surface area is 127 Å². The Hall–Kier alpha value is -1.68. The number of hydrogen-bond acceptors (Lipinski definition) is 3. The van der Waals surface area contributed by atoms with Gasteiger partial charge in [-0.25, -0.2) is 0 Å². The van der Waals surface area contributed by atoms with Crippen molar-refractivity contribution in [2.75, 3.05) is 7.11 Å². The first-order valence-corrected chi connectivity index (χ1v) is 7.39. The number of carboxylic acids is 1. The topological polar surface area (TPSA) is 63.6 Å². The molecule has 0 aliphatic carbocycles. The van der Waals surface area contributed by atoms with Crippen LogP contribution in [0.3, 0.4) is 0 Å². The zero-order chi connectivity index (χ0) is 15.9. The fourth-order valence-electron chi connectivity index (χ4n) is 1.70. The highest BCUT2D eigenvalue weighted by molar-refractivity contribution is 5.89. The molecule has 0 aliphatic rings. The van der Waals surface area contributed by atoms with E-state index in [0.717, 1.165) is 19.3 Å². The van der Waals surface area contributed by atoms with E-state index in [1.807, 2.05) is 18.2 Å². The molecule has 0 aromatic heterocycles. The van der Waals surface area contributed by atoms with Gasteiger partial charge in [-0.3, -0.25) is 9.59 Å². The normalized spacial score (nSPS) is 13.4. The van der Waals surface area contributed by atoms with Crippen LogP contribution in [0.25, 0.3) is 0 Å². The van der Waals surface area contributed by atoms with Gasteiger partial charge in [0.15, 0.2) is 5.78 Å². The molecule has 1 N–H and O–H groups in total. The molecule has 4 heteroatoms. The standard InChI is InChI=1S/C17H26O4/c1-3-16(21-2)13-9-5-4-7-11-15(18)12-8-6-10-14-17(19)20/h4-5,7,9,11,13,16H,3,6,8,10,12,14H2,1-2H3,(H,19,20). The summed E-state index contributed by atoms with van der Waals surface area (Å²) >= 11 is 0. The molecule has 4 nitrogen and oxygen atoms in total. The van der Waals surface area contributed by atoms with Crippen LogP contribution in [0.2, 0.25) is 0 Å². The number of rotatable bonds is 12. The van der Waals surface area contributed by atoms with Crippen LogP contribution >= 0.6 is 0 Å². The van der Waals surface area contributed by atoms with Crippen LogP contribution in [0.4, 0.5) is 0 Å². The van der Waals surface area contributed by atoms with Gasteiger partial charge in [0.2, 0.25) is 0 Å². The second kappa shape index (κ2) is 13.3. The predicted octanol–water partition coefficient (Wildman–Crippen LogP) is 3.68. The van der Waals surface area contributed by atoms with Crippen molar-refractivity contribution in [3.05, 3.63) is 36.5 Å². The van der Waals surface area contributed by atoms with E-state index in [-0.39, 0.29) is 18.3 Å². The Morgan fingerprint density at radius 3 is 2.33 bits per heavy atom. The summed E-state index contributed by atoms with van der Waals surface area (Å²) in [5.41, 5.74) is 0. The average Bonchev–Trinajstić information content (AvgIpc) is 2.46.